The molecule has 0 spiro atoms. The fourth-order valence-electron chi connectivity index (χ4n) is 1.85. The van der Waals surface area contributed by atoms with Crippen LogP contribution >= 0.6 is 12.2 Å². The van der Waals surface area contributed by atoms with Crippen molar-refractivity contribution in [2.24, 2.45) is 5.73 Å². The Morgan fingerprint density at radius 2 is 1.60 bits per heavy atom. The third-order valence-corrected chi connectivity index (χ3v) is 3.03. The van der Waals surface area contributed by atoms with Gasteiger partial charge in [0.1, 0.15) is 23.1 Å². The molecule has 0 aliphatic heterocycles. The normalized spacial score (nSPS) is 10.1. The van der Waals surface area contributed by atoms with Crippen molar-refractivity contribution in [2.45, 2.75) is 13.5 Å². The molecule has 20 heavy (non-hydrogen) atoms. The van der Waals surface area contributed by atoms with Crippen molar-refractivity contribution in [3.05, 3.63) is 59.7 Å². The summed E-state index contributed by atoms with van der Waals surface area (Å²) in [6.07, 6.45) is 0. The second-order valence-corrected chi connectivity index (χ2v) is 4.65. The second-order valence-electron chi connectivity index (χ2n) is 4.21. The SMILES string of the molecule is CCOc1ccc(OCc2ccccc2C(N)=S)cc1. The lowest BCUT2D eigenvalue weighted by molar-refractivity contribution is 0.304. The maximum absolute atomic E-state index is 5.75. The topological polar surface area (TPSA) is 44.5 Å². The fraction of sp³-hybridized carbons (Fsp3) is 0.188. The van der Waals surface area contributed by atoms with Crippen LogP contribution in [0.25, 0.3) is 0 Å². The summed E-state index contributed by atoms with van der Waals surface area (Å²) in [7, 11) is 0. The third-order valence-electron chi connectivity index (χ3n) is 2.81. The molecule has 0 aromatic heterocycles. The average molecular weight is 287 g/mol. The van der Waals surface area contributed by atoms with Crippen molar-refractivity contribution in [1.29, 1.82) is 0 Å². The molecule has 0 heterocycles. The van der Waals surface area contributed by atoms with E-state index in [0.29, 0.717) is 18.2 Å². The molecule has 104 valence electrons. The van der Waals surface area contributed by atoms with Crippen LogP contribution in [-0.4, -0.2) is 11.6 Å². The molecule has 0 unspecified atom stereocenters. The number of hydrogen-bond acceptors (Lipinski definition) is 3. The molecule has 0 amide bonds. The molecular formula is C16H17NO2S. The van der Waals surface area contributed by atoms with E-state index in [0.717, 1.165) is 22.6 Å². The molecule has 2 aromatic carbocycles. The Labute approximate surface area is 124 Å². The quantitative estimate of drug-likeness (QED) is 0.828. The van der Waals surface area contributed by atoms with Crippen LogP contribution in [0.1, 0.15) is 18.1 Å². The first-order valence-electron chi connectivity index (χ1n) is 6.44. The number of benzene rings is 2. The molecule has 0 saturated carbocycles. The van der Waals surface area contributed by atoms with Gasteiger partial charge in [0.15, 0.2) is 0 Å². The Kier molecular flexibility index (Phi) is 4.96. The standard InChI is InChI=1S/C16H17NO2S/c1-2-18-13-7-9-14(10-8-13)19-11-12-5-3-4-6-15(12)16(17)20/h3-10H,2,11H2,1H3,(H2,17,20). The molecule has 4 heteroatoms. The highest BCUT2D eigenvalue weighted by molar-refractivity contribution is 7.80. The Bertz CT molecular complexity index is 581. The minimum Gasteiger partial charge on any atom is -0.494 e. The minimum absolute atomic E-state index is 0.385. The third kappa shape index (κ3) is 3.71. The highest BCUT2D eigenvalue weighted by atomic mass is 32.1. The van der Waals surface area contributed by atoms with E-state index in [9.17, 15) is 0 Å². The number of thiocarbonyl (C=S) groups is 1. The van der Waals surface area contributed by atoms with Crippen LogP contribution in [-0.2, 0) is 6.61 Å². The van der Waals surface area contributed by atoms with Crippen LogP contribution in [0.15, 0.2) is 48.5 Å². The summed E-state index contributed by atoms with van der Waals surface area (Å²) in [5.74, 6) is 1.62. The Morgan fingerprint density at radius 1 is 1.00 bits per heavy atom. The largest absolute Gasteiger partial charge is 0.494 e. The van der Waals surface area contributed by atoms with E-state index in [-0.39, 0.29) is 0 Å². The van der Waals surface area contributed by atoms with Gasteiger partial charge < -0.3 is 15.2 Å². The molecule has 0 saturated heterocycles. The van der Waals surface area contributed by atoms with Crippen molar-refractivity contribution in [3.63, 3.8) is 0 Å². The fourth-order valence-corrected chi connectivity index (χ4v) is 2.05. The van der Waals surface area contributed by atoms with Gasteiger partial charge in [-0.3, -0.25) is 0 Å². The zero-order chi connectivity index (χ0) is 14.4. The Morgan fingerprint density at radius 3 is 2.20 bits per heavy atom. The lowest BCUT2D eigenvalue weighted by atomic mass is 10.1. The summed E-state index contributed by atoms with van der Waals surface area (Å²) >= 11 is 5.03. The first kappa shape index (κ1) is 14.3. The van der Waals surface area contributed by atoms with E-state index >= 15 is 0 Å². The van der Waals surface area contributed by atoms with Crippen molar-refractivity contribution in [3.8, 4) is 11.5 Å². The number of rotatable bonds is 6. The molecule has 0 aliphatic rings. The van der Waals surface area contributed by atoms with Gasteiger partial charge in [-0.05, 0) is 36.8 Å². The Hall–Kier alpha value is -2.07. The van der Waals surface area contributed by atoms with E-state index in [2.05, 4.69) is 0 Å². The molecule has 0 atom stereocenters. The van der Waals surface area contributed by atoms with E-state index in [1.165, 1.54) is 0 Å². The summed E-state index contributed by atoms with van der Waals surface area (Å²) in [5.41, 5.74) is 7.53. The molecule has 0 bridgehead atoms. The van der Waals surface area contributed by atoms with Crippen LogP contribution in [0.5, 0.6) is 11.5 Å². The van der Waals surface area contributed by atoms with Crippen molar-refractivity contribution in [1.82, 2.24) is 0 Å². The molecule has 2 aromatic rings. The lowest BCUT2D eigenvalue weighted by Gasteiger charge is -2.10. The monoisotopic (exact) mass is 287 g/mol. The van der Waals surface area contributed by atoms with E-state index in [4.69, 9.17) is 27.4 Å². The van der Waals surface area contributed by atoms with E-state index in [1.807, 2.05) is 55.5 Å². The first-order valence-corrected chi connectivity index (χ1v) is 6.85. The molecule has 0 radical (unpaired) electrons. The van der Waals surface area contributed by atoms with Crippen LogP contribution in [0, 0.1) is 0 Å². The summed E-state index contributed by atoms with van der Waals surface area (Å²) in [6.45, 7) is 3.04. The zero-order valence-electron chi connectivity index (χ0n) is 11.3. The molecule has 2 N–H and O–H groups in total. The van der Waals surface area contributed by atoms with Gasteiger partial charge in [0.05, 0.1) is 6.61 Å². The van der Waals surface area contributed by atoms with Crippen LogP contribution < -0.4 is 15.2 Å². The average Bonchev–Trinajstić information content (AvgIpc) is 2.47. The van der Waals surface area contributed by atoms with Crippen LogP contribution in [0.2, 0.25) is 0 Å². The number of nitrogens with two attached hydrogens (primary N) is 1. The van der Waals surface area contributed by atoms with Gasteiger partial charge in [0.2, 0.25) is 0 Å². The van der Waals surface area contributed by atoms with Crippen molar-refractivity contribution < 1.29 is 9.47 Å². The van der Waals surface area contributed by atoms with Gasteiger partial charge in [0.25, 0.3) is 0 Å². The summed E-state index contributed by atoms with van der Waals surface area (Å²) in [5, 5.41) is 0. The van der Waals surface area contributed by atoms with E-state index < -0.39 is 0 Å². The second kappa shape index (κ2) is 6.91. The van der Waals surface area contributed by atoms with Gasteiger partial charge in [-0.1, -0.05) is 36.5 Å². The van der Waals surface area contributed by atoms with Crippen molar-refractivity contribution >= 4 is 17.2 Å². The van der Waals surface area contributed by atoms with Crippen LogP contribution in [0.4, 0.5) is 0 Å². The zero-order valence-corrected chi connectivity index (χ0v) is 12.2. The predicted octanol–water partition coefficient (Wildman–Crippen LogP) is 3.30. The smallest absolute Gasteiger partial charge is 0.120 e. The number of hydrogen-bond donors (Lipinski definition) is 1. The van der Waals surface area contributed by atoms with Gasteiger partial charge >= 0.3 is 0 Å². The first-order chi connectivity index (χ1) is 9.70. The number of ether oxygens (including phenoxy) is 2. The van der Waals surface area contributed by atoms with Gasteiger partial charge in [-0.15, -0.1) is 0 Å². The van der Waals surface area contributed by atoms with Gasteiger partial charge in [-0.25, -0.2) is 0 Å². The highest BCUT2D eigenvalue weighted by Gasteiger charge is 2.05. The molecule has 2 rings (SSSR count). The van der Waals surface area contributed by atoms with Gasteiger partial charge in [-0.2, -0.15) is 0 Å². The maximum atomic E-state index is 5.75. The highest BCUT2D eigenvalue weighted by Crippen LogP contribution is 2.19. The van der Waals surface area contributed by atoms with Gasteiger partial charge in [0, 0.05) is 5.56 Å². The van der Waals surface area contributed by atoms with Crippen LogP contribution in [0.3, 0.4) is 0 Å². The predicted molar refractivity (Wildman–Crippen MR) is 84.3 cm³/mol. The summed E-state index contributed by atoms with van der Waals surface area (Å²) < 4.78 is 11.1. The lowest BCUT2D eigenvalue weighted by Crippen LogP contribution is -2.13. The van der Waals surface area contributed by atoms with E-state index in [1.54, 1.807) is 0 Å². The minimum atomic E-state index is 0.385. The summed E-state index contributed by atoms with van der Waals surface area (Å²) in [4.78, 5) is 0.385. The Balaban J connectivity index is 2.03. The summed E-state index contributed by atoms with van der Waals surface area (Å²) in [6, 6.07) is 15.3. The maximum Gasteiger partial charge on any atom is 0.120 e. The molecule has 0 aliphatic carbocycles. The molecule has 3 nitrogen and oxygen atoms in total. The van der Waals surface area contributed by atoms with Crippen molar-refractivity contribution in [2.75, 3.05) is 6.61 Å². The molecule has 0 fully saturated rings. The molecular weight excluding hydrogens is 270 g/mol.